The minimum atomic E-state index is 0.374. The first-order valence-corrected chi connectivity index (χ1v) is 5.35. The average molecular weight is 191 g/mol. The number of hydrogen-bond acceptors (Lipinski definition) is 2. The van der Waals surface area contributed by atoms with Crippen LogP contribution in [0, 0.1) is 0 Å². The molecule has 0 radical (unpaired) electrons. The van der Waals surface area contributed by atoms with Crippen LogP contribution in [0.1, 0.15) is 37.3 Å². The lowest BCUT2D eigenvalue weighted by Crippen LogP contribution is -2.25. The van der Waals surface area contributed by atoms with Gasteiger partial charge in [-0.15, -0.1) is 0 Å². The Labute approximate surface area is 85.3 Å². The standard InChI is InChI=1S/C12H17NO/c1-14-12-8-3-2-6-10(12)11-7-4-5-9-13-11/h4-5,7,9-10,12H,2-3,6,8H2,1H3. The third-order valence-electron chi connectivity index (χ3n) is 3.07. The molecule has 1 saturated carbocycles. The minimum absolute atomic E-state index is 0.374. The van der Waals surface area contributed by atoms with Gasteiger partial charge in [0.1, 0.15) is 0 Å². The number of nitrogens with zero attached hydrogens (tertiary/aromatic N) is 1. The number of hydrogen-bond donors (Lipinski definition) is 0. The Balaban J connectivity index is 2.15. The third-order valence-corrected chi connectivity index (χ3v) is 3.07. The SMILES string of the molecule is COC1CCCCC1c1ccccn1. The Bertz CT molecular complexity index is 273. The highest BCUT2D eigenvalue weighted by Gasteiger charge is 2.26. The smallest absolute Gasteiger partial charge is 0.0654 e. The van der Waals surface area contributed by atoms with Crippen molar-refractivity contribution in [3.63, 3.8) is 0 Å². The fourth-order valence-electron chi connectivity index (χ4n) is 2.31. The quantitative estimate of drug-likeness (QED) is 0.717. The van der Waals surface area contributed by atoms with Crippen molar-refractivity contribution in [2.24, 2.45) is 0 Å². The maximum atomic E-state index is 5.52. The molecule has 1 aromatic heterocycles. The molecule has 0 saturated heterocycles. The van der Waals surface area contributed by atoms with E-state index in [2.05, 4.69) is 17.1 Å². The minimum Gasteiger partial charge on any atom is -0.381 e. The number of pyridine rings is 1. The molecule has 0 N–H and O–H groups in total. The van der Waals surface area contributed by atoms with E-state index in [-0.39, 0.29) is 0 Å². The summed E-state index contributed by atoms with van der Waals surface area (Å²) in [5.41, 5.74) is 1.19. The normalized spacial score (nSPS) is 27.5. The van der Waals surface area contributed by atoms with Gasteiger partial charge in [-0.3, -0.25) is 4.98 Å². The van der Waals surface area contributed by atoms with Crippen molar-refractivity contribution < 1.29 is 4.74 Å². The van der Waals surface area contributed by atoms with Crippen LogP contribution in [0.25, 0.3) is 0 Å². The molecule has 76 valence electrons. The molecule has 2 nitrogen and oxygen atoms in total. The summed E-state index contributed by atoms with van der Waals surface area (Å²) in [6, 6.07) is 6.14. The average Bonchev–Trinajstić information content (AvgIpc) is 2.30. The molecule has 2 unspecified atom stereocenters. The lowest BCUT2D eigenvalue weighted by Gasteiger charge is -2.29. The first-order chi connectivity index (χ1) is 6.92. The number of ether oxygens (including phenoxy) is 1. The second-order valence-electron chi connectivity index (χ2n) is 3.92. The Hall–Kier alpha value is -0.890. The zero-order valence-electron chi connectivity index (χ0n) is 8.65. The van der Waals surface area contributed by atoms with E-state index in [4.69, 9.17) is 4.74 Å². The Kier molecular flexibility index (Phi) is 3.14. The predicted octanol–water partition coefficient (Wildman–Crippen LogP) is 2.75. The van der Waals surface area contributed by atoms with Gasteiger partial charge in [-0.05, 0) is 25.0 Å². The van der Waals surface area contributed by atoms with Crippen molar-refractivity contribution in [3.05, 3.63) is 30.1 Å². The summed E-state index contributed by atoms with van der Waals surface area (Å²) >= 11 is 0. The van der Waals surface area contributed by atoms with E-state index in [1.807, 2.05) is 19.4 Å². The van der Waals surface area contributed by atoms with Crippen LogP contribution in [0.5, 0.6) is 0 Å². The van der Waals surface area contributed by atoms with Gasteiger partial charge in [-0.2, -0.15) is 0 Å². The maximum Gasteiger partial charge on any atom is 0.0654 e. The van der Waals surface area contributed by atoms with Crippen LogP contribution < -0.4 is 0 Å². The number of rotatable bonds is 2. The molecule has 1 aliphatic rings. The largest absolute Gasteiger partial charge is 0.381 e. The lowest BCUT2D eigenvalue weighted by molar-refractivity contribution is 0.0511. The second-order valence-corrected chi connectivity index (χ2v) is 3.92. The molecule has 0 spiro atoms. The van der Waals surface area contributed by atoms with E-state index >= 15 is 0 Å². The summed E-state index contributed by atoms with van der Waals surface area (Å²) in [4.78, 5) is 4.42. The Morgan fingerprint density at radius 3 is 2.86 bits per heavy atom. The van der Waals surface area contributed by atoms with E-state index in [0.717, 1.165) is 0 Å². The molecular formula is C12H17NO. The Morgan fingerprint density at radius 1 is 1.29 bits per heavy atom. The highest BCUT2D eigenvalue weighted by atomic mass is 16.5. The van der Waals surface area contributed by atoms with E-state index in [1.54, 1.807) is 0 Å². The highest BCUT2D eigenvalue weighted by Crippen LogP contribution is 2.33. The summed E-state index contributed by atoms with van der Waals surface area (Å²) in [5, 5.41) is 0. The number of methoxy groups -OCH3 is 1. The molecule has 0 aliphatic heterocycles. The molecular weight excluding hydrogens is 174 g/mol. The van der Waals surface area contributed by atoms with Crippen molar-refractivity contribution in [1.82, 2.24) is 4.98 Å². The summed E-state index contributed by atoms with van der Waals surface area (Å²) < 4.78 is 5.52. The van der Waals surface area contributed by atoms with Crippen LogP contribution in [0.3, 0.4) is 0 Å². The van der Waals surface area contributed by atoms with Crippen LogP contribution in [0.2, 0.25) is 0 Å². The molecule has 0 amide bonds. The van der Waals surface area contributed by atoms with Gasteiger partial charge < -0.3 is 4.74 Å². The van der Waals surface area contributed by atoms with Crippen LogP contribution in [-0.2, 0) is 4.74 Å². The maximum absolute atomic E-state index is 5.52. The van der Waals surface area contributed by atoms with Crippen LogP contribution in [0.4, 0.5) is 0 Å². The number of aromatic nitrogens is 1. The van der Waals surface area contributed by atoms with Gasteiger partial charge in [0.2, 0.25) is 0 Å². The molecule has 0 aromatic carbocycles. The molecule has 2 rings (SSSR count). The first-order valence-electron chi connectivity index (χ1n) is 5.35. The fraction of sp³-hybridized carbons (Fsp3) is 0.583. The molecule has 1 aliphatic carbocycles. The van der Waals surface area contributed by atoms with Gasteiger partial charge >= 0.3 is 0 Å². The molecule has 1 heterocycles. The van der Waals surface area contributed by atoms with Gasteiger partial charge in [0, 0.05) is 24.9 Å². The molecule has 1 aromatic rings. The molecule has 14 heavy (non-hydrogen) atoms. The van der Waals surface area contributed by atoms with Crippen molar-refractivity contribution in [1.29, 1.82) is 0 Å². The lowest BCUT2D eigenvalue weighted by atomic mass is 9.84. The first kappa shape index (κ1) is 9.66. The van der Waals surface area contributed by atoms with Gasteiger partial charge in [0.05, 0.1) is 6.10 Å². The zero-order valence-corrected chi connectivity index (χ0v) is 8.65. The van der Waals surface area contributed by atoms with Crippen LogP contribution >= 0.6 is 0 Å². The van der Waals surface area contributed by atoms with E-state index in [9.17, 15) is 0 Å². The molecule has 2 heteroatoms. The molecule has 1 fully saturated rings. The summed E-state index contributed by atoms with van der Waals surface area (Å²) in [7, 11) is 1.81. The van der Waals surface area contributed by atoms with Crippen LogP contribution in [-0.4, -0.2) is 18.2 Å². The second kappa shape index (κ2) is 4.56. The highest BCUT2D eigenvalue weighted by molar-refractivity contribution is 5.12. The fourth-order valence-corrected chi connectivity index (χ4v) is 2.31. The van der Waals surface area contributed by atoms with E-state index in [0.29, 0.717) is 12.0 Å². The van der Waals surface area contributed by atoms with Crippen LogP contribution in [0.15, 0.2) is 24.4 Å². The topological polar surface area (TPSA) is 22.1 Å². The van der Waals surface area contributed by atoms with Gasteiger partial charge in [-0.25, -0.2) is 0 Å². The molecule has 0 bridgehead atoms. The van der Waals surface area contributed by atoms with E-state index in [1.165, 1.54) is 31.4 Å². The Morgan fingerprint density at radius 2 is 2.14 bits per heavy atom. The predicted molar refractivity (Wildman–Crippen MR) is 56.2 cm³/mol. The van der Waals surface area contributed by atoms with Crippen molar-refractivity contribution >= 4 is 0 Å². The zero-order chi connectivity index (χ0) is 9.80. The van der Waals surface area contributed by atoms with Gasteiger partial charge in [0.15, 0.2) is 0 Å². The third kappa shape index (κ3) is 1.95. The summed E-state index contributed by atoms with van der Waals surface area (Å²) in [6.07, 6.45) is 7.24. The monoisotopic (exact) mass is 191 g/mol. The van der Waals surface area contributed by atoms with Gasteiger partial charge in [-0.1, -0.05) is 18.9 Å². The van der Waals surface area contributed by atoms with Gasteiger partial charge in [0.25, 0.3) is 0 Å². The molecule has 2 atom stereocenters. The van der Waals surface area contributed by atoms with Crippen molar-refractivity contribution in [3.8, 4) is 0 Å². The summed E-state index contributed by atoms with van der Waals surface area (Å²) in [6.45, 7) is 0. The van der Waals surface area contributed by atoms with Crippen molar-refractivity contribution in [2.45, 2.75) is 37.7 Å². The van der Waals surface area contributed by atoms with Crippen molar-refractivity contribution in [2.75, 3.05) is 7.11 Å². The summed E-state index contributed by atoms with van der Waals surface area (Å²) in [5.74, 6) is 0.509. The van der Waals surface area contributed by atoms with E-state index < -0.39 is 0 Å².